The summed E-state index contributed by atoms with van der Waals surface area (Å²) in [5, 5.41) is 0. The van der Waals surface area contributed by atoms with Crippen LogP contribution in [0.3, 0.4) is 0 Å². The van der Waals surface area contributed by atoms with Crippen LogP contribution in [0.15, 0.2) is 23.1 Å². The van der Waals surface area contributed by atoms with Gasteiger partial charge in [0.2, 0.25) is 5.56 Å². The molecule has 1 unspecified atom stereocenters. The first-order valence-corrected chi connectivity index (χ1v) is 4.42. The normalized spacial score (nSPS) is 12.8. The molecule has 12 heavy (non-hydrogen) atoms. The third kappa shape index (κ3) is 2.22. The summed E-state index contributed by atoms with van der Waals surface area (Å²) in [4.78, 5) is 13.6. The van der Waals surface area contributed by atoms with Crippen molar-refractivity contribution in [1.29, 1.82) is 0 Å². The van der Waals surface area contributed by atoms with E-state index < -0.39 is 0 Å². The molecule has 1 rings (SSSR count). The lowest BCUT2D eigenvalue weighted by molar-refractivity contribution is 0.663. The third-order valence-electron chi connectivity index (χ3n) is 2.09. The molecular weight excluding hydrogens is 150 g/mol. The molecule has 66 valence electrons. The summed E-state index contributed by atoms with van der Waals surface area (Å²) in [5.41, 5.74) is 1.14. The Kier molecular flexibility index (Phi) is 3.09. The Morgan fingerprint density at radius 2 is 2.33 bits per heavy atom. The van der Waals surface area contributed by atoms with Gasteiger partial charge in [0.1, 0.15) is 0 Å². The first kappa shape index (κ1) is 9.04. The molecule has 1 aromatic heterocycles. The van der Waals surface area contributed by atoms with Crippen molar-refractivity contribution in [2.45, 2.75) is 32.6 Å². The van der Waals surface area contributed by atoms with Crippen LogP contribution in [-0.2, 0) is 0 Å². The van der Waals surface area contributed by atoms with Crippen molar-refractivity contribution in [1.82, 2.24) is 4.98 Å². The molecule has 1 N–H and O–H groups in total. The highest BCUT2D eigenvalue weighted by atomic mass is 16.1. The second-order valence-electron chi connectivity index (χ2n) is 3.18. The number of aromatic nitrogens is 1. The maximum atomic E-state index is 10.9. The van der Waals surface area contributed by atoms with Crippen LogP contribution >= 0.6 is 0 Å². The van der Waals surface area contributed by atoms with E-state index in [-0.39, 0.29) is 5.56 Å². The van der Waals surface area contributed by atoms with Gasteiger partial charge in [-0.1, -0.05) is 20.3 Å². The molecule has 0 aliphatic carbocycles. The van der Waals surface area contributed by atoms with E-state index in [9.17, 15) is 4.79 Å². The standard InChI is InChI=1S/C10H15NO/c1-3-4-8(2)9-5-6-11-10(12)7-9/h5-8H,3-4H2,1-2H3,(H,11,12). The lowest BCUT2D eigenvalue weighted by Gasteiger charge is -2.08. The summed E-state index contributed by atoms with van der Waals surface area (Å²) in [6.07, 6.45) is 4.02. The van der Waals surface area contributed by atoms with E-state index in [1.165, 1.54) is 0 Å². The second-order valence-corrected chi connectivity index (χ2v) is 3.18. The minimum atomic E-state index is -0.00421. The van der Waals surface area contributed by atoms with Crippen molar-refractivity contribution in [3.05, 3.63) is 34.2 Å². The van der Waals surface area contributed by atoms with Crippen LogP contribution < -0.4 is 5.56 Å². The SMILES string of the molecule is CCCC(C)c1cc[nH]c(=O)c1. The molecule has 0 radical (unpaired) electrons. The number of H-pyrrole nitrogens is 1. The van der Waals surface area contributed by atoms with Crippen LogP contribution in [0.25, 0.3) is 0 Å². The van der Waals surface area contributed by atoms with Crippen LogP contribution in [0.4, 0.5) is 0 Å². The van der Waals surface area contributed by atoms with Crippen molar-refractivity contribution in [3.8, 4) is 0 Å². The van der Waals surface area contributed by atoms with Gasteiger partial charge < -0.3 is 4.98 Å². The van der Waals surface area contributed by atoms with Gasteiger partial charge in [-0.2, -0.15) is 0 Å². The zero-order valence-electron chi connectivity index (χ0n) is 7.63. The van der Waals surface area contributed by atoms with Crippen molar-refractivity contribution in [3.63, 3.8) is 0 Å². The fourth-order valence-electron chi connectivity index (χ4n) is 1.37. The average Bonchev–Trinajstić information content (AvgIpc) is 2.05. The number of nitrogens with one attached hydrogen (secondary N) is 1. The van der Waals surface area contributed by atoms with Gasteiger partial charge in [0.25, 0.3) is 0 Å². The van der Waals surface area contributed by atoms with E-state index >= 15 is 0 Å². The van der Waals surface area contributed by atoms with Crippen molar-refractivity contribution >= 4 is 0 Å². The van der Waals surface area contributed by atoms with E-state index in [2.05, 4.69) is 18.8 Å². The highest BCUT2D eigenvalue weighted by Crippen LogP contribution is 2.17. The van der Waals surface area contributed by atoms with Crippen LogP contribution in [0.5, 0.6) is 0 Å². The molecule has 0 spiro atoms. The average molecular weight is 165 g/mol. The molecule has 0 aliphatic heterocycles. The van der Waals surface area contributed by atoms with Gasteiger partial charge in [-0.3, -0.25) is 4.79 Å². The van der Waals surface area contributed by atoms with Gasteiger partial charge >= 0.3 is 0 Å². The summed E-state index contributed by atoms with van der Waals surface area (Å²) < 4.78 is 0. The highest BCUT2D eigenvalue weighted by Gasteiger charge is 2.03. The van der Waals surface area contributed by atoms with Gasteiger partial charge in [-0.25, -0.2) is 0 Å². The predicted molar refractivity (Wildman–Crippen MR) is 50.4 cm³/mol. The van der Waals surface area contributed by atoms with Crippen molar-refractivity contribution in [2.75, 3.05) is 0 Å². The summed E-state index contributed by atoms with van der Waals surface area (Å²) >= 11 is 0. The lowest BCUT2D eigenvalue weighted by atomic mass is 9.98. The van der Waals surface area contributed by atoms with Crippen molar-refractivity contribution < 1.29 is 0 Å². The Balaban J connectivity index is 2.80. The quantitative estimate of drug-likeness (QED) is 0.732. The maximum Gasteiger partial charge on any atom is 0.248 e. The Hall–Kier alpha value is -1.05. The minimum Gasteiger partial charge on any atom is -0.329 e. The predicted octanol–water partition coefficient (Wildman–Crippen LogP) is 2.28. The second kappa shape index (κ2) is 4.10. The topological polar surface area (TPSA) is 32.9 Å². The van der Waals surface area contributed by atoms with Crippen LogP contribution in [-0.4, -0.2) is 4.98 Å². The summed E-state index contributed by atoms with van der Waals surface area (Å²) in [5.74, 6) is 0.497. The summed E-state index contributed by atoms with van der Waals surface area (Å²) in [7, 11) is 0. The van der Waals surface area contributed by atoms with Gasteiger partial charge in [0.15, 0.2) is 0 Å². The van der Waals surface area contributed by atoms with Crippen molar-refractivity contribution in [2.24, 2.45) is 0 Å². The number of hydrogen-bond donors (Lipinski definition) is 1. The monoisotopic (exact) mass is 165 g/mol. The maximum absolute atomic E-state index is 10.9. The molecule has 0 amide bonds. The molecule has 0 saturated carbocycles. The van der Waals surface area contributed by atoms with E-state index in [0.717, 1.165) is 18.4 Å². The molecule has 0 fully saturated rings. The molecule has 0 aliphatic rings. The third-order valence-corrected chi connectivity index (χ3v) is 2.09. The molecule has 1 aromatic rings. The number of hydrogen-bond acceptors (Lipinski definition) is 1. The van der Waals surface area contributed by atoms with E-state index in [0.29, 0.717) is 5.92 Å². The summed E-state index contributed by atoms with van der Waals surface area (Å²) in [6, 6.07) is 3.65. The molecule has 2 heteroatoms. The fraction of sp³-hybridized carbons (Fsp3) is 0.500. The summed E-state index contributed by atoms with van der Waals surface area (Å²) in [6.45, 7) is 4.31. The highest BCUT2D eigenvalue weighted by molar-refractivity contribution is 5.14. The van der Waals surface area contributed by atoms with Gasteiger partial charge in [0, 0.05) is 12.3 Å². The molecule has 2 nitrogen and oxygen atoms in total. The number of aromatic amines is 1. The zero-order chi connectivity index (χ0) is 8.97. The van der Waals surface area contributed by atoms with E-state index in [1.54, 1.807) is 12.3 Å². The fourth-order valence-corrected chi connectivity index (χ4v) is 1.37. The first-order valence-electron chi connectivity index (χ1n) is 4.42. The Bertz CT molecular complexity index is 290. The zero-order valence-corrected chi connectivity index (χ0v) is 7.63. The molecule has 0 saturated heterocycles. The first-order chi connectivity index (χ1) is 5.74. The smallest absolute Gasteiger partial charge is 0.248 e. The van der Waals surface area contributed by atoms with E-state index in [4.69, 9.17) is 0 Å². The Morgan fingerprint density at radius 3 is 2.92 bits per heavy atom. The van der Waals surface area contributed by atoms with Gasteiger partial charge in [-0.15, -0.1) is 0 Å². The minimum absolute atomic E-state index is 0.00421. The van der Waals surface area contributed by atoms with Crippen LogP contribution in [0, 0.1) is 0 Å². The van der Waals surface area contributed by atoms with Crippen LogP contribution in [0.2, 0.25) is 0 Å². The van der Waals surface area contributed by atoms with Gasteiger partial charge in [-0.05, 0) is 24.0 Å². The number of pyridine rings is 1. The Morgan fingerprint density at radius 1 is 1.58 bits per heavy atom. The molecule has 0 aromatic carbocycles. The Labute approximate surface area is 72.6 Å². The van der Waals surface area contributed by atoms with Crippen LogP contribution in [0.1, 0.15) is 38.2 Å². The van der Waals surface area contributed by atoms with Gasteiger partial charge in [0.05, 0.1) is 0 Å². The number of rotatable bonds is 3. The molecule has 1 atom stereocenters. The lowest BCUT2D eigenvalue weighted by Crippen LogP contribution is -2.05. The molecule has 0 bridgehead atoms. The van der Waals surface area contributed by atoms with E-state index in [1.807, 2.05) is 6.07 Å². The molecular formula is C10H15NO. The molecule has 1 heterocycles. The largest absolute Gasteiger partial charge is 0.329 e.